The molecule has 0 unspecified atom stereocenters. The molecule has 120 valence electrons. The van der Waals surface area contributed by atoms with Crippen molar-refractivity contribution in [1.29, 1.82) is 0 Å². The summed E-state index contributed by atoms with van der Waals surface area (Å²) in [6.45, 7) is 0. The monoisotopic (exact) mass is 371 g/mol. The van der Waals surface area contributed by atoms with Crippen LogP contribution in [0.25, 0.3) is 0 Å². The van der Waals surface area contributed by atoms with Crippen molar-refractivity contribution in [2.24, 2.45) is 0 Å². The SMILES string of the molecule is COc1cccc(OC(=S)Nc2cc(B(O)O)c(Cl)cc2Cl)c1. The van der Waals surface area contributed by atoms with Crippen molar-refractivity contribution < 1.29 is 19.5 Å². The van der Waals surface area contributed by atoms with Crippen LogP contribution in [0.4, 0.5) is 5.69 Å². The Morgan fingerprint density at radius 2 is 1.83 bits per heavy atom. The Kier molecular flexibility index (Phi) is 6.09. The van der Waals surface area contributed by atoms with Crippen LogP contribution < -0.4 is 20.3 Å². The quantitative estimate of drug-likeness (QED) is 0.566. The molecule has 5 nitrogen and oxygen atoms in total. The molecule has 0 fully saturated rings. The summed E-state index contributed by atoms with van der Waals surface area (Å²) >= 11 is 17.0. The van der Waals surface area contributed by atoms with Gasteiger partial charge < -0.3 is 24.8 Å². The van der Waals surface area contributed by atoms with E-state index in [9.17, 15) is 10.0 Å². The van der Waals surface area contributed by atoms with Gasteiger partial charge in [-0.05, 0) is 36.5 Å². The van der Waals surface area contributed by atoms with Crippen LogP contribution in [0.3, 0.4) is 0 Å². The van der Waals surface area contributed by atoms with Gasteiger partial charge in [0, 0.05) is 16.6 Å². The van der Waals surface area contributed by atoms with Gasteiger partial charge in [-0.1, -0.05) is 29.3 Å². The molecule has 0 atom stereocenters. The second kappa shape index (κ2) is 7.85. The molecule has 0 aromatic heterocycles. The van der Waals surface area contributed by atoms with E-state index in [2.05, 4.69) is 5.32 Å². The average Bonchev–Trinajstić information content (AvgIpc) is 2.49. The van der Waals surface area contributed by atoms with Gasteiger partial charge in [-0.25, -0.2) is 0 Å². The molecular weight excluding hydrogens is 360 g/mol. The summed E-state index contributed by atoms with van der Waals surface area (Å²) in [5.41, 5.74) is 0.440. The van der Waals surface area contributed by atoms with Crippen molar-refractivity contribution in [1.82, 2.24) is 0 Å². The predicted molar refractivity (Wildman–Crippen MR) is 96.1 cm³/mol. The Bertz CT molecular complexity index is 730. The molecule has 0 saturated heterocycles. The lowest BCUT2D eigenvalue weighted by molar-refractivity contribution is 0.412. The summed E-state index contributed by atoms with van der Waals surface area (Å²) < 4.78 is 10.6. The smallest absolute Gasteiger partial charge is 0.490 e. The summed E-state index contributed by atoms with van der Waals surface area (Å²) in [4.78, 5) is 0. The molecule has 0 spiro atoms. The van der Waals surface area contributed by atoms with Crippen molar-refractivity contribution in [2.75, 3.05) is 12.4 Å². The Labute approximate surface area is 148 Å². The fraction of sp³-hybridized carbons (Fsp3) is 0.0714. The number of benzene rings is 2. The summed E-state index contributed by atoms with van der Waals surface area (Å²) in [7, 11) is -0.182. The molecule has 0 aliphatic carbocycles. The third-order valence-corrected chi connectivity index (χ3v) is 3.68. The second-order valence-electron chi connectivity index (χ2n) is 4.42. The third kappa shape index (κ3) is 4.73. The van der Waals surface area contributed by atoms with E-state index in [4.69, 9.17) is 44.9 Å². The van der Waals surface area contributed by atoms with Crippen molar-refractivity contribution in [2.45, 2.75) is 0 Å². The summed E-state index contributed by atoms with van der Waals surface area (Å²) in [6, 6.07) is 9.68. The first kappa shape index (κ1) is 17.8. The van der Waals surface area contributed by atoms with Gasteiger partial charge in [0.05, 0.1) is 17.8 Å². The van der Waals surface area contributed by atoms with Gasteiger partial charge in [-0.3, -0.25) is 0 Å². The van der Waals surface area contributed by atoms with Crippen LogP contribution in [0.2, 0.25) is 10.0 Å². The number of hydrogen-bond donors (Lipinski definition) is 3. The van der Waals surface area contributed by atoms with Gasteiger partial charge in [0.25, 0.3) is 5.17 Å². The minimum atomic E-state index is -1.73. The number of methoxy groups -OCH3 is 1. The lowest BCUT2D eigenvalue weighted by Gasteiger charge is -2.13. The van der Waals surface area contributed by atoms with Crippen LogP contribution in [0, 0.1) is 0 Å². The van der Waals surface area contributed by atoms with E-state index < -0.39 is 7.12 Å². The maximum atomic E-state index is 9.27. The zero-order valence-corrected chi connectivity index (χ0v) is 14.2. The summed E-state index contributed by atoms with van der Waals surface area (Å²) in [5, 5.41) is 21.7. The van der Waals surface area contributed by atoms with Crippen molar-refractivity contribution in [3.8, 4) is 11.5 Å². The zero-order chi connectivity index (χ0) is 17.0. The fourth-order valence-electron chi connectivity index (χ4n) is 1.77. The molecule has 0 radical (unpaired) electrons. The standard InChI is InChI=1S/C14H12BCl2NO4S/c1-21-8-3-2-4-9(5-8)22-14(23)18-13-6-10(15(19)20)11(16)7-12(13)17/h2-7,19-20H,1H3,(H,18,23). The van der Waals surface area contributed by atoms with Crippen LogP contribution in [-0.2, 0) is 0 Å². The number of thiocarbonyl (C=S) groups is 1. The van der Waals surface area contributed by atoms with Crippen LogP contribution >= 0.6 is 35.4 Å². The number of halogens is 2. The predicted octanol–water partition coefficient (Wildman–Crippen LogP) is 2.46. The summed E-state index contributed by atoms with van der Waals surface area (Å²) in [6.07, 6.45) is 0. The third-order valence-electron chi connectivity index (χ3n) is 2.85. The van der Waals surface area contributed by atoms with Gasteiger partial charge in [-0.15, -0.1) is 0 Å². The molecule has 0 saturated carbocycles. The zero-order valence-electron chi connectivity index (χ0n) is 11.9. The number of anilines is 1. The summed E-state index contributed by atoms with van der Waals surface area (Å²) in [5.74, 6) is 1.11. The molecule has 23 heavy (non-hydrogen) atoms. The lowest BCUT2D eigenvalue weighted by Crippen LogP contribution is -2.31. The van der Waals surface area contributed by atoms with E-state index in [1.807, 2.05) is 0 Å². The molecule has 3 N–H and O–H groups in total. The largest absolute Gasteiger partial charge is 0.497 e. The molecular formula is C14H12BCl2NO4S. The first-order chi connectivity index (χ1) is 10.9. The van der Waals surface area contributed by atoms with Crippen molar-refractivity contribution >= 4 is 58.9 Å². The average molecular weight is 372 g/mol. The van der Waals surface area contributed by atoms with Gasteiger partial charge in [0.1, 0.15) is 11.5 Å². The number of ether oxygens (including phenoxy) is 2. The topological polar surface area (TPSA) is 71.0 Å². The lowest BCUT2D eigenvalue weighted by atomic mass is 9.80. The highest BCUT2D eigenvalue weighted by Gasteiger charge is 2.18. The van der Waals surface area contributed by atoms with Crippen molar-refractivity contribution in [3.63, 3.8) is 0 Å². The Morgan fingerprint density at radius 3 is 2.48 bits per heavy atom. The maximum absolute atomic E-state index is 9.27. The van der Waals surface area contributed by atoms with E-state index in [0.29, 0.717) is 17.2 Å². The van der Waals surface area contributed by atoms with E-state index >= 15 is 0 Å². The van der Waals surface area contributed by atoms with Gasteiger partial charge in [0.15, 0.2) is 0 Å². The number of hydrogen-bond acceptors (Lipinski definition) is 5. The normalized spacial score (nSPS) is 10.1. The van der Waals surface area contributed by atoms with Crippen LogP contribution in [0.15, 0.2) is 36.4 Å². The van der Waals surface area contributed by atoms with E-state index in [-0.39, 0.29) is 20.7 Å². The molecule has 0 bridgehead atoms. The Morgan fingerprint density at radius 1 is 1.13 bits per heavy atom. The molecule has 0 aliphatic rings. The minimum Gasteiger partial charge on any atom is -0.497 e. The van der Waals surface area contributed by atoms with E-state index in [1.54, 1.807) is 31.4 Å². The maximum Gasteiger partial charge on any atom is 0.490 e. The molecule has 2 rings (SSSR count). The van der Waals surface area contributed by atoms with Crippen molar-refractivity contribution in [3.05, 3.63) is 46.4 Å². The molecule has 2 aromatic rings. The highest BCUT2D eigenvalue weighted by Crippen LogP contribution is 2.25. The molecule has 0 amide bonds. The minimum absolute atomic E-state index is 0.0286. The first-order valence-electron chi connectivity index (χ1n) is 6.38. The second-order valence-corrected chi connectivity index (χ2v) is 5.61. The van der Waals surface area contributed by atoms with Crippen LogP contribution in [0.5, 0.6) is 11.5 Å². The van der Waals surface area contributed by atoms with Gasteiger partial charge >= 0.3 is 7.12 Å². The molecule has 0 heterocycles. The molecule has 2 aromatic carbocycles. The Hall–Kier alpha value is -1.51. The van der Waals surface area contributed by atoms with E-state index in [0.717, 1.165) is 0 Å². The first-order valence-corrected chi connectivity index (χ1v) is 7.55. The van der Waals surface area contributed by atoms with Gasteiger partial charge in [-0.2, -0.15) is 0 Å². The molecule has 9 heteroatoms. The van der Waals surface area contributed by atoms with Crippen LogP contribution in [-0.4, -0.2) is 29.5 Å². The van der Waals surface area contributed by atoms with Gasteiger partial charge in [0.2, 0.25) is 0 Å². The Balaban J connectivity index is 2.15. The number of rotatable bonds is 4. The highest BCUT2D eigenvalue weighted by molar-refractivity contribution is 7.80. The molecule has 0 aliphatic heterocycles. The van der Waals surface area contributed by atoms with E-state index in [1.165, 1.54) is 12.1 Å². The van der Waals surface area contributed by atoms with Crippen LogP contribution in [0.1, 0.15) is 0 Å². The highest BCUT2D eigenvalue weighted by atomic mass is 35.5. The fourth-order valence-corrected chi connectivity index (χ4v) is 2.50. The number of nitrogens with one attached hydrogen (secondary N) is 1.